The van der Waals surface area contributed by atoms with Crippen LogP contribution in [0.2, 0.25) is 5.02 Å². The highest BCUT2D eigenvalue weighted by Gasteiger charge is 2.42. The minimum Gasteiger partial charge on any atom is -0.480 e. The molecule has 0 unspecified atom stereocenters. The smallest absolute Gasteiger partial charge is 0.323 e. The Balaban J connectivity index is 1.69. The summed E-state index contributed by atoms with van der Waals surface area (Å²) in [6.07, 6.45) is 1.99. The van der Waals surface area contributed by atoms with Crippen LogP contribution in [-0.4, -0.2) is 77.0 Å². The van der Waals surface area contributed by atoms with Gasteiger partial charge in [0, 0.05) is 49.7 Å². The summed E-state index contributed by atoms with van der Waals surface area (Å²) in [4.78, 5) is 29.6. The largest absolute Gasteiger partial charge is 0.480 e. The van der Waals surface area contributed by atoms with Gasteiger partial charge in [-0.25, -0.2) is 0 Å². The van der Waals surface area contributed by atoms with Gasteiger partial charge in [-0.3, -0.25) is 19.4 Å². The molecule has 1 aromatic rings. The van der Waals surface area contributed by atoms with Gasteiger partial charge in [-0.15, -0.1) is 0 Å². The second kappa shape index (κ2) is 7.94. The molecule has 0 aliphatic carbocycles. The van der Waals surface area contributed by atoms with E-state index in [0.29, 0.717) is 13.0 Å². The highest BCUT2D eigenvalue weighted by Crippen LogP contribution is 2.32. The van der Waals surface area contributed by atoms with E-state index in [4.69, 9.17) is 16.7 Å². The molecular weight excluding hydrogens is 354 g/mol. The Morgan fingerprint density at radius 3 is 2.62 bits per heavy atom. The van der Waals surface area contributed by atoms with Gasteiger partial charge in [0.15, 0.2) is 0 Å². The van der Waals surface area contributed by atoms with Gasteiger partial charge in [-0.05, 0) is 37.6 Å². The molecule has 0 bridgehead atoms. The number of likely N-dealkylation sites (tertiary alicyclic amines) is 1. The van der Waals surface area contributed by atoms with E-state index in [-0.39, 0.29) is 18.0 Å². The number of carboxylic acids is 1. The summed E-state index contributed by atoms with van der Waals surface area (Å²) in [6.45, 7) is 3.98. The number of amides is 1. The van der Waals surface area contributed by atoms with Crippen molar-refractivity contribution in [3.05, 3.63) is 34.9 Å². The Labute approximate surface area is 159 Å². The van der Waals surface area contributed by atoms with Crippen molar-refractivity contribution >= 4 is 23.5 Å². The number of hydrogen-bond donors (Lipinski definition) is 1. The van der Waals surface area contributed by atoms with Gasteiger partial charge in [0.1, 0.15) is 6.54 Å². The molecule has 0 aromatic heterocycles. The maximum absolute atomic E-state index is 12.3. The molecule has 0 saturated carbocycles. The molecule has 26 heavy (non-hydrogen) atoms. The number of likely N-dealkylation sites (N-methyl/N-ethyl adjacent to an activating group) is 1. The van der Waals surface area contributed by atoms with Crippen LogP contribution in [0.3, 0.4) is 0 Å². The van der Waals surface area contributed by atoms with Crippen molar-refractivity contribution in [3.63, 3.8) is 0 Å². The monoisotopic (exact) mass is 379 g/mol. The fraction of sp³-hybridized carbons (Fsp3) is 0.579. The predicted octanol–water partition coefficient (Wildman–Crippen LogP) is 1.92. The Morgan fingerprint density at radius 1 is 1.19 bits per heavy atom. The summed E-state index contributed by atoms with van der Waals surface area (Å²) < 4.78 is 0. The second-order valence-electron chi connectivity index (χ2n) is 7.44. The molecule has 1 spiro atoms. The summed E-state index contributed by atoms with van der Waals surface area (Å²) in [5, 5.41) is 9.77. The minimum atomic E-state index is -0.948. The van der Waals surface area contributed by atoms with Crippen molar-refractivity contribution < 1.29 is 14.7 Å². The quantitative estimate of drug-likeness (QED) is 0.866. The number of piperazine rings is 1. The molecule has 6 nitrogen and oxygen atoms in total. The molecule has 1 atom stereocenters. The lowest BCUT2D eigenvalue weighted by Gasteiger charge is -2.49. The van der Waals surface area contributed by atoms with E-state index in [9.17, 15) is 9.59 Å². The Kier molecular flexibility index (Phi) is 5.85. The van der Waals surface area contributed by atoms with Gasteiger partial charge in [0.25, 0.3) is 0 Å². The van der Waals surface area contributed by atoms with Crippen molar-refractivity contribution in [1.29, 1.82) is 0 Å². The average molecular weight is 380 g/mol. The fourth-order valence-electron chi connectivity index (χ4n) is 4.09. The maximum atomic E-state index is 12.3. The first-order valence-corrected chi connectivity index (χ1v) is 9.43. The van der Waals surface area contributed by atoms with Gasteiger partial charge >= 0.3 is 5.97 Å². The predicted molar refractivity (Wildman–Crippen MR) is 100 cm³/mol. The zero-order chi connectivity index (χ0) is 18.7. The zero-order valence-electron chi connectivity index (χ0n) is 15.2. The third-order valence-electron chi connectivity index (χ3n) is 5.73. The van der Waals surface area contributed by atoms with Gasteiger partial charge < -0.3 is 10.0 Å². The van der Waals surface area contributed by atoms with Crippen LogP contribution in [0.4, 0.5) is 0 Å². The van der Waals surface area contributed by atoms with Crippen molar-refractivity contribution in [2.45, 2.75) is 31.3 Å². The molecule has 1 N–H and O–H groups in total. The number of benzene rings is 1. The van der Waals surface area contributed by atoms with Crippen molar-refractivity contribution in [1.82, 2.24) is 14.7 Å². The van der Waals surface area contributed by atoms with E-state index in [0.717, 1.165) is 44.0 Å². The summed E-state index contributed by atoms with van der Waals surface area (Å²) >= 11 is 5.97. The van der Waals surface area contributed by atoms with Crippen molar-refractivity contribution in [2.24, 2.45) is 0 Å². The lowest BCUT2D eigenvalue weighted by atomic mass is 9.86. The zero-order valence-corrected chi connectivity index (χ0v) is 15.9. The highest BCUT2D eigenvalue weighted by atomic mass is 35.5. The normalized spacial score (nSPS) is 25.5. The standard InChI is InChI=1S/C19H26ClN3O3/c1-21-10-11-22(12-15-2-4-16(20)5-3-15)14-19(21)7-6-17(24)23(9-8-19)13-18(25)26/h2-5H,6-14H2,1H3,(H,25,26)/t19-/m1/s1. The first kappa shape index (κ1) is 19.1. The fourth-order valence-corrected chi connectivity index (χ4v) is 4.21. The number of aliphatic carboxylic acids is 1. The van der Waals surface area contributed by atoms with Crippen LogP contribution in [0.1, 0.15) is 24.8 Å². The SMILES string of the molecule is CN1CCN(Cc2ccc(Cl)cc2)C[C@]12CCC(=O)N(CC(=O)O)CC2. The second-order valence-corrected chi connectivity index (χ2v) is 7.88. The van der Waals surface area contributed by atoms with Gasteiger partial charge in [0.2, 0.25) is 5.91 Å². The van der Waals surface area contributed by atoms with Crippen molar-refractivity contribution in [2.75, 3.05) is 39.8 Å². The van der Waals surface area contributed by atoms with Gasteiger partial charge in [-0.2, -0.15) is 0 Å². The summed E-state index contributed by atoms with van der Waals surface area (Å²) in [5.41, 5.74) is 1.15. The number of rotatable bonds is 4. The lowest BCUT2D eigenvalue weighted by Crippen LogP contribution is -2.60. The van der Waals surface area contributed by atoms with Gasteiger partial charge in [0.05, 0.1) is 0 Å². The first-order valence-electron chi connectivity index (χ1n) is 9.06. The molecular formula is C19H26ClN3O3. The average Bonchev–Trinajstić information content (AvgIpc) is 2.75. The molecule has 2 heterocycles. The van der Waals surface area contributed by atoms with Gasteiger partial charge in [-0.1, -0.05) is 23.7 Å². The molecule has 2 saturated heterocycles. The van der Waals surface area contributed by atoms with E-state index in [1.807, 2.05) is 12.1 Å². The minimum absolute atomic E-state index is 0.0486. The number of halogens is 1. The molecule has 7 heteroatoms. The Bertz CT molecular complexity index is 666. The molecule has 0 radical (unpaired) electrons. The van der Waals surface area contributed by atoms with E-state index < -0.39 is 5.97 Å². The third-order valence-corrected chi connectivity index (χ3v) is 5.98. The number of nitrogens with zero attached hydrogens (tertiary/aromatic N) is 3. The molecule has 142 valence electrons. The van der Waals surface area contributed by atoms with Crippen LogP contribution in [0.15, 0.2) is 24.3 Å². The number of carboxylic acid groups (broad SMARTS) is 1. The Hall–Kier alpha value is -1.63. The molecule has 2 aliphatic rings. The molecule has 1 aromatic carbocycles. The summed E-state index contributed by atoms with van der Waals surface area (Å²) in [7, 11) is 2.12. The van der Waals surface area contributed by atoms with E-state index in [1.54, 1.807) is 0 Å². The van der Waals surface area contributed by atoms with E-state index in [1.165, 1.54) is 10.5 Å². The topological polar surface area (TPSA) is 64.1 Å². The summed E-state index contributed by atoms with van der Waals surface area (Å²) in [5.74, 6) is -0.997. The molecule has 2 fully saturated rings. The summed E-state index contributed by atoms with van der Waals surface area (Å²) in [6, 6.07) is 7.94. The van der Waals surface area contributed by atoms with Crippen LogP contribution in [0.25, 0.3) is 0 Å². The van der Waals surface area contributed by atoms with E-state index >= 15 is 0 Å². The van der Waals surface area contributed by atoms with E-state index in [2.05, 4.69) is 29.0 Å². The molecule has 1 amide bonds. The van der Waals surface area contributed by atoms with Crippen LogP contribution >= 0.6 is 11.6 Å². The third kappa shape index (κ3) is 4.37. The van der Waals surface area contributed by atoms with Crippen LogP contribution in [-0.2, 0) is 16.1 Å². The van der Waals surface area contributed by atoms with Crippen LogP contribution in [0.5, 0.6) is 0 Å². The van der Waals surface area contributed by atoms with Crippen LogP contribution < -0.4 is 0 Å². The molecule has 3 rings (SSSR count). The maximum Gasteiger partial charge on any atom is 0.323 e. The van der Waals surface area contributed by atoms with Crippen LogP contribution in [0, 0.1) is 0 Å². The Morgan fingerprint density at radius 2 is 1.92 bits per heavy atom. The van der Waals surface area contributed by atoms with Crippen molar-refractivity contribution in [3.8, 4) is 0 Å². The number of hydrogen-bond acceptors (Lipinski definition) is 4. The number of carbonyl (C=O) groups excluding carboxylic acids is 1. The number of carbonyl (C=O) groups is 2. The first-order chi connectivity index (χ1) is 12.4. The highest BCUT2D eigenvalue weighted by molar-refractivity contribution is 6.30. The lowest BCUT2D eigenvalue weighted by molar-refractivity contribution is -0.144. The molecule has 2 aliphatic heterocycles.